The first-order valence-corrected chi connectivity index (χ1v) is 8.75. The number of rotatable bonds is 7. The molecule has 2 saturated heterocycles. The van der Waals surface area contributed by atoms with Crippen LogP contribution in [0, 0.1) is 0 Å². The van der Waals surface area contributed by atoms with Gasteiger partial charge in [-0.2, -0.15) is 0 Å². The van der Waals surface area contributed by atoms with Crippen LogP contribution >= 0.6 is 24.0 Å². The van der Waals surface area contributed by atoms with Crippen LogP contribution in [-0.4, -0.2) is 51.0 Å². The van der Waals surface area contributed by atoms with E-state index in [0.29, 0.717) is 31.4 Å². The number of methoxy groups -OCH3 is 1. The van der Waals surface area contributed by atoms with Gasteiger partial charge in [-0.25, -0.2) is 4.99 Å². The van der Waals surface area contributed by atoms with Crippen molar-refractivity contribution in [2.45, 2.75) is 44.4 Å². The van der Waals surface area contributed by atoms with Gasteiger partial charge in [0.1, 0.15) is 18.1 Å². The Bertz CT molecular complexity index is 570. The normalized spacial score (nSPS) is 24.6. The molecule has 2 bridgehead atoms. The van der Waals surface area contributed by atoms with Crippen molar-refractivity contribution < 1.29 is 14.2 Å². The second-order valence-corrected chi connectivity index (χ2v) is 6.15. The van der Waals surface area contributed by atoms with Crippen LogP contribution in [0.4, 0.5) is 0 Å². The lowest BCUT2D eigenvalue weighted by molar-refractivity contribution is 0.0992. The van der Waals surface area contributed by atoms with Crippen molar-refractivity contribution in [1.29, 1.82) is 0 Å². The molecule has 3 unspecified atom stereocenters. The molecular weight excluding hydrogens is 433 g/mol. The molecule has 7 heteroatoms. The van der Waals surface area contributed by atoms with Crippen LogP contribution in [0.15, 0.2) is 29.3 Å². The van der Waals surface area contributed by atoms with Crippen molar-refractivity contribution in [3.05, 3.63) is 24.3 Å². The molecule has 0 spiro atoms. The number of hydrogen-bond donors (Lipinski definition) is 2. The number of halogens is 1. The number of hydrogen-bond acceptors (Lipinski definition) is 4. The van der Waals surface area contributed by atoms with Crippen molar-refractivity contribution in [3.63, 3.8) is 0 Å². The first-order valence-electron chi connectivity index (χ1n) is 8.75. The van der Waals surface area contributed by atoms with E-state index < -0.39 is 0 Å². The summed E-state index contributed by atoms with van der Waals surface area (Å²) in [4.78, 5) is 4.60. The predicted octanol–water partition coefficient (Wildman–Crippen LogP) is 2.57. The molecular formula is C18H28IN3O3. The third kappa shape index (κ3) is 5.64. The summed E-state index contributed by atoms with van der Waals surface area (Å²) in [6.45, 7) is 4.02. The lowest BCUT2D eigenvalue weighted by atomic mass is 9.96. The van der Waals surface area contributed by atoms with E-state index in [1.54, 1.807) is 7.11 Å². The average Bonchev–Trinajstić information content (AvgIpc) is 3.22. The largest absolute Gasteiger partial charge is 0.497 e. The van der Waals surface area contributed by atoms with E-state index in [-0.39, 0.29) is 24.0 Å². The SMILES string of the molecule is CCNC(=NCCOc1cccc(OC)c1)NC1CC2CCC1O2.I. The molecule has 0 aliphatic carbocycles. The number of nitrogens with one attached hydrogen (secondary N) is 2. The summed E-state index contributed by atoms with van der Waals surface area (Å²) in [5.74, 6) is 2.43. The molecule has 2 heterocycles. The molecule has 25 heavy (non-hydrogen) atoms. The van der Waals surface area contributed by atoms with Gasteiger partial charge in [-0.05, 0) is 38.3 Å². The van der Waals surface area contributed by atoms with Crippen molar-refractivity contribution >= 4 is 29.9 Å². The standard InChI is InChI=1S/C18H27N3O3.HI/c1-3-19-18(21-16-12-15-7-8-17(16)24-15)20-9-10-23-14-6-4-5-13(11-14)22-2;/h4-6,11,15-17H,3,7-10,12H2,1-2H3,(H2,19,20,21);1H. The molecule has 3 rings (SSSR count). The van der Waals surface area contributed by atoms with E-state index in [0.717, 1.165) is 36.8 Å². The number of fused-ring (bicyclic) bond motifs is 2. The summed E-state index contributed by atoms with van der Waals surface area (Å²) in [7, 11) is 1.65. The fraction of sp³-hybridized carbons (Fsp3) is 0.611. The van der Waals surface area contributed by atoms with Crippen molar-refractivity contribution in [3.8, 4) is 11.5 Å². The summed E-state index contributed by atoms with van der Waals surface area (Å²) < 4.78 is 16.8. The number of ether oxygens (including phenoxy) is 3. The molecule has 6 nitrogen and oxygen atoms in total. The van der Waals surface area contributed by atoms with Gasteiger partial charge in [-0.1, -0.05) is 6.07 Å². The molecule has 0 amide bonds. The molecule has 2 aliphatic rings. The highest BCUT2D eigenvalue weighted by Crippen LogP contribution is 2.34. The second kappa shape index (κ2) is 10.1. The Labute approximate surface area is 166 Å². The van der Waals surface area contributed by atoms with Gasteiger partial charge in [0.05, 0.1) is 31.9 Å². The smallest absolute Gasteiger partial charge is 0.191 e. The summed E-state index contributed by atoms with van der Waals surface area (Å²) in [5.41, 5.74) is 0. The van der Waals surface area contributed by atoms with Gasteiger partial charge in [0, 0.05) is 12.6 Å². The van der Waals surface area contributed by atoms with Crippen molar-refractivity contribution in [1.82, 2.24) is 10.6 Å². The molecule has 0 saturated carbocycles. The van der Waals surface area contributed by atoms with Gasteiger partial charge in [-0.3, -0.25) is 0 Å². The molecule has 1 aromatic rings. The summed E-state index contributed by atoms with van der Waals surface area (Å²) >= 11 is 0. The third-order valence-electron chi connectivity index (χ3n) is 4.44. The Kier molecular flexibility index (Phi) is 8.08. The number of nitrogens with zero attached hydrogens (tertiary/aromatic N) is 1. The van der Waals surface area contributed by atoms with E-state index >= 15 is 0 Å². The van der Waals surface area contributed by atoms with Crippen LogP contribution < -0.4 is 20.1 Å². The van der Waals surface area contributed by atoms with Crippen LogP contribution in [0.5, 0.6) is 11.5 Å². The van der Waals surface area contributed by atoms with Crippen molar-refractivity contribution in [2.75, 3.05) is 26.8 Å². The average molecular weight is 461 g/mol. The quantitative estimate of drug-likeness (QED) is 0.283. The van der Waals surface area contributed by atoms with Crippen molar-refractivity contribution in [2.24, 2.45) is 4.99 Å². The molecule has 2 fully saturated rings. The Hall–Kier alpha value is -1.22. The maximum Gasteiger partial charge on any atom is 0.191 e. The predicted molar refractivity (Wildman–Crippen MR) is 109 cm³/mol. The van der Waals surface area contributed by atoms with Gasteiger partial charge >= 0.3 is 0 Å². The highest BCUT2D eigenvalue weighted by Gasteiger charge is 2.41. The number of guanidine groups is 1. The fourth-order valence-electron chi connectivity index (χ4n) is 3.30. The van der Waals surface area contributed by atoms with E-state index in [9.17, 15) is 0 Å². The van der Waals surface area contributed by atoms with E-state index in [4.69, 9.17) is 14.2 Å². The first-order chi connectivity index (χ1) is 11.8. The molecule has 0 aromatic heterocycles. The molecule has 1 aromatic carbocycles. The van der Waals surface area contributed by atoms with Crippen LogP contribution in [0.2, 0.25) is 0 Å². The van der Waals surface area contributed by atoms with Crippen LogP contribution in [0.25, 0.3) is 0 Å². The second-order valence-electron chi connectivity index (χ2n) is 6.15. The minimum absolute atomic E-state index is 0. The summed E-state index contributed by atoms with van der Waals surface area (Å²) in [5, 5.41) is 6.80. The highest BCUT2D eigenvalue weighted by atomic mass is 127. The van der Waals surface area contributed by atoms with Gasteiger partial charge in [0.25, 0.3) is 0 Å². The van der Waals surface area contributed by atoms with E-state index in [1.165, 1.54) is 6.42 Å². The number of aliphatic imine (C=N–C) groups is 1. The van der Waals surface area contributed by atoms with Crippen LogP contribution in [0.3, 0.4) is 0 Å². The fourth-order valence-corrected chi connectivity index (χ4v) is 3.30. The van der Waals surface area contributed by atoms with E-state index in [2.05, 4.69) is 22.5 Å². The Morgan fingerprint density at radius 3 is 2.84 bits per heavy atom. The Balaban J connectivity index is 0.00000225. The van der Waals surface area contributed by atoms with Crippen LogP contribution in [0.1, 0.15) is 26.2 Å². The summed E-state index contributed by atoms with van der Waals surface area (Å²) in [6, 6.07) is 7.98. The first kappa shape index (κ1) is 20.1. The zero-order valence-corrected chi connectivity index (χ0v) is 17.2. The zero-order chi connectivity index (χ0) is 16.8. The molecule has 2 aliphatic heterocycles. The zero-order valence-electron chi connectivity index (χ0n) is 14.9. The monoisotopic (exact) mass is 461 g/mol. The molecule has 140 valence electrons. The third-order valence-corrected chi connectivity index (χ3v) is 4.44. The molecule has 2 N–H and O–H groups in total. The van der Waals surface area contributed by atoms with Gasteiger partial charge in [0.15, 0.2) is 5.96 Å². The Morgan fingerprint density at radius 2 is 2.16 bits per heavy atom. The molecule has 0 radical (unpaired) electrons. The lowest BCUT2D eigenvalue weighted by Crippen LogP contribution is -2.47. The maximum atomic E-state index is 5.89. The van der Waals surface area contributed by atoms with Gasteiger partial charge < -0.3 is 24.8 Å². The topological polar surface area (TPSA) is 64.1 Å². The maximum absolute atomic E-state index is 5.89. The molecule has 3 atom stereocenters. The lowest BCUT2D eigenvalue weighted by Gasteiger charge is -2.22. The van der Waals surface area contributed by atoms with Gasteiger partial charge in [0.2, 0.25) is 0 Å². The minimum Gasteiger partial charge on any atom is -0.497 e. The highest BCUT2D eigenvalue weighted by molar-refractivity contribution is 14.0. The number of benzene rings is 1. The van der Waals surface area contributed by atoms with Crippen LogP contribution in [-0.2, 0) is 4.74 Å². The summed E-state index contributed by atoms with van der Waals surface area (Å²) in [6.07, 6.45) is 4.21. The minimum atomic E-state index is 0. The van der Waals surface area contributed by atoms with Gasteiger partial charge in [-0.15, -0.1) is 24.0 Å². The Morgan fingerprint density at radius 1 is 1.32 bits per heavy atom. The van der Waals surface area contributed by atoms with E-state index in [1.807, 2.05) is 24.3 Å².